The van der Waals surface area contributed by atoms with Crippen molar-refractivity contribution < 1.29 is 9.59 Å². The van der Waals surface area contributed by atoms with Gasteiger partial charge in [-0.2, -0.15) is 0 Å². The molecule has 20 heavy (non-hydrogen) atoms. The second kappa shape index (κ2) is 5.87. The maximum atomic E-state index is 11.5. The zero-order chi connectivity index (χ0) is 14.5. The Labute approximate surface area is 114 Å². The van der Waals surface area contributed by atoms with Crippen molar-refractivity contribution in [2.45, 2.75) is 0 Å². The van der Waals surface area contributed by atoms with Crippen LogP contribution >= 0.6 is 0 Å². The molecule has 0 bridgehead atoms. The van der Waals surface area contributed by atoms with E-state index in [1.165, 1.54) is 36.7 Å². The van der Waals surface area contributed by atoms with Gasteiger partial charge in [-0.25, -0.2) is 11.7 Å². The van der Waals surface area contributed by atoms with Crippen molar-refractivity contribution in [3.05, 3.63) is 47.8 Å². The summed E-state index contributed by atoms with van der Waals surface area (Å²) in [5.41, 5.74) is 5.63. The fourth-order valence-corrected chi connectivity index (χ4v) is 1.59. The lowest BCUT2D eigenvalue weighted by atomic mass is 10.1. The maximum absolute atomic E-state index is 11.5. The normalized spacial score (nSPS) is 9.90. The molecule has 6 N–H and O–H groups in total. The van der Waals surface area contributed by atoms with Crippen molar-refractivity contribution in [2.75, 3.05) is 0 Å². The molecule has 0 atom stereocenters. The molecule has 2 rings (SSSR count). The molecule has 0 unspecified atom stereocenters. The van der Waals surface area contributed by atoms with Crippen LogP contribution in [0.5, 0.6) is 0 Å². The number of nitrogen functional groups attached to an aromatic ring is 2. The van der Waals surface area contributed by atoms with Crippen LogP contribution in [-0.2, 0) is 0 Å². The van der Waals surface area contributed by atoms with Crippen LogP contribution in [0.25, 0.3) is 11.4 Å². The third-order valence-electron chi connectivity index (χ3n) is 2.57. The fraction of sp³-hybridized carbons (Fsp3) is 0. The summed E-state index contributed by atoms with van der Waals surface area (Å²) in [6, 6.07) is 6.08. The van der Waals surface area contributed by atoms with Crippen LogP contribution in [0.2, 0.25) is 0 Å². The Bertz CT molecular complexity index is 600. The van der Waals surface area contributed by atoms with E-state index in [-0.39, 0.29) is 0 Å². The van der Waals surface area contributed by atoms with E-state index in [1.807, 2.05) is 10.9 Å². The highest BCUT2D eigenvalue weighted by Gasteiger charge is 2.10. The number of carbonyl (C=O) groups is 2. The molecule has 0 saturated heterocycles. The first-order valence-electron chi connectivity index (χ1n) is 5.60. The van der Waals surface area contributed by atoms with Crippen molar-refractivity contribution in [3.63, 3.8) is 0 Å². The average molecular weight is 272 g/mol. The number of nitrogens with two attached hydrogens (primary N) is 2. The van der Waals surface area contributed by atoms with Gasteiger partial charge in [-0.1, -0.05) is 0 Å². The van der Waals surface area contributed by atoms with Gasteiger partial charge in [-0.05, 0) is 24.3 Å². The Hall–Kier alpha value is -2.84. The lowest BCUT2D eigenvalue weighted by Gasteiger charge is -2.05. The standard InChI is InChI=1S/C12H12N6O2/c13-17-11(19)7-1-3-15-9(5-7)10-6-8(2-4-16-10)12(20)18-14/h1-6H,13-14H2,(H,17,19)(H,18,20). The van der Waals surface area contributed by atoms with E-state index < -0.39 is 11.8 Å². The monoisotopic (exact) mass is 272 g/mol. The predicted molar refractivity (Wildman–Crippen MR) is 70.8 cm³/mol. The molecule has 0 aliphatic rings. The van der Waals surface area contributed by atoms with E-state index in [0.29, 0.717) is 22.5 Å². The number of hydrogen-bond acceptors (Lipinski definition) is 6. The number of nitrogens with zero attached hydrogens (tertiary/aromatic N) is 2. The summed E-state index contributed by atoms with van der Waals surface area (Å²) >= 11 is 0. The minimum absolute atomic E-state index is 0.341. The number of carbonyl (C=O) groups excluding carboxylic acids is 2. The van der Waals surface area contributed by atoms with E-state index >= 15 is 0 Å². The van der Waals surface area contributed by atoms with Gasteiger partial charge in [-0.15, -0.1) is 0 Å². The van der Waals surface area contributed by atoms with E-state index in [2.05, 4.69) is 9.97 Å². The van der Waals surface area contributed by atoms with Crippen LogP contribution < -0.4 is 22.5 Å². The summed E-state index contributed by atoms with van der Waals surface area (Å²) in [6.07, 6.45) is 2.91. The van der Waals surface area contributed by atoms with Crippen LogP contribution in [0.1, 0.15) is 20.7 Å². The highest BCUT2D eigenvalue weighted by molar-refractivity contribution is 5.95. The van der Waals surface area contributed by atoms with Crippen molar-refractivity contribution in [1.29, 1.82) is 0 Å². The summed E-state index contributed by atoms with van der Waals surface area (Å²) in [4.78, 5) is 31.1. The summed E-state index contributed by atoms with van der Waals surface area (Å²) < 4.78 is 0. The molecule has 0 fully saturated rings. The van der Waals surface area contributed by atoms with Gasteiger partial charge >= 0.3 is 0 Å². The van der Waals surface area contributed by atoms with Gasteiger partial charge in [0, 0.05) is 23.5 Å². The van der Waals surface area contributed by atoms with E-state index in [1.54, 1.807) is 0 Å². The molecule has 2 heterocycles. The minimum Gasteiger partial charge on any atom is -0.290 e. The smallest absolute Gasteiger partial charge is 0.265 e. The molecule has 8 nitrogen and oxygen atoms in total. The van der Waals surface area contributed by atoms with E-state index in [0.717, 1.165) is 0 Å². The third-order valence-corrected chi connectivity index (χ3v) is 2.57. The molecule has 102 valence electrons. The van der Waals surface area contributed by atoms with Crippen molar-refractivity contribution in [3.8, 4) is 11.4 Å². The van der Waals surface area contributed by atoms with Crippen LogP contribution in [0, 0.1) is 0 Å². The van der Waals surface area contributed by atoms with Crippen LogP contribution in [-0.4, -0.2) is 21.8 Å². The Morgan fingerprint density at radius 1 is 0.850 bits per heavy atom. The van der Waals surface area contributed by atoms with Crippen LogP contribution in [0.4, 0.5) is 0 Å². The first-order chi connectivity index (χ1) is 9.65. The first kappa shape index (κ1) is 13.6. The quantitative estimate of drug-likeness (QED) is 0.333. The minimum atomic E-state index is -0.440. The van der Waals surface area contributed by atoms with Crippen molar-refractivity contribution in [2.24, 2.45) is 11.7 Å². The molecule has 2 aromatic rings. The third kappa shape index (κ3) is 2.76. The Morgan fingerprint density at radius 2 is 1.25 bits per heavy atom. The van der Waals surface area contributed by atoms with Crippen LogP contribution in [0.15, 0.2) is 36.7 Å². The molecule has 0 spiro atoms. The van der Waals surface area contributed by atoms with Gasteiger partial charge < -0.3 is 0 Å². The van der Waals surface area contributed by atoms with Gasteiger partial charge in [0.15, 0.2) is 0 Å². The van der Waals surface area contributed by atoms with Gasteiger partial charge in [0.2, 0.25) is 0 Å². The number of rotatable bonds is 3. The number of nitrogens with one attached hydrogen (secondary N) is 2. The molecule has 2 aromatic heterocycles. The maximum Gasteiger partial charge on any atom is 0.265 e. The topological polar surface area (TPSA) is 136 Å². The van der Waals surface area contributed by atoms with Gasteiger partial charge in [0.1, 0.15) is 0 Å². The highest BCUT2D eigenvalue weighted by atomic mass is 16.2. The SMILES string of the molecule is NNC(=O)c1ccnc(-c2cc(C(=O)NN)ccn2)c1. The predicted octanol–water partition coefficient (Wildman–Crippen LogP) is -0.649. The Balaban J connectivity index is 2.41. The summed E-state index contributed by atoms with van der Waals surface area (Å²) in [6.45, 7) is 0. The average Bonchev–Trinajstić information content (AvgIpc) is 2.53. The zero-order valence-corrected chi connectivity index (χ0v) is 10.3. The second-order valence-corrected chi connectivity index (χ2v) is 3.81. The Morgan fingerprint density at radius 3 is 1.60 bits per heavy atom. The zero-order valence-electron chi connectivity index (χ0n) is 10.3. The molecule has 0 aliphatic carbocycles. The molecule has 0 saturated carbocycles. The molecule has 8 heteroatoms. The largest absolute Gasteiger partial charge is 0.290 e. The molecular formula is C12H12N6O2. The van der Waals surface area contributed by atoms with Crippen molar-refractivity contribution in [1.82, 2.24) is 20.8 Å². The van der Waals surface area contributed by atoms with Crippen LogP contribution in [0.3, 0.4) is 0 Å². The summed E-state index contributed by atoms with van der Waals surface area (Å²) in [7, 11) is 0. The molecular weight excluding hydrogens is 260 g/mol. The van der Waals surface area contributed by atoms with E-state index in [4.69, 9.17) is 11.7 Å². The lowest BCUT2D eigenvalue weighted by molar-refractivity contribution is 0.0945. The molecule has 2 amide bonds. The number of hydrazine groups is 2. The number of aromatic nitrogens is 2. The number of pyridine rings is 2. The summed E-state index contributed by atoms with van der Waals surface area (Å²) in [5, 5.41) is 0. The lowest BCUT2D eigenvalue weighted by Crippen LogP contribution is -2.30. The van der Waals surface area contributed by atoms with Gasteiger partial charge in [0.25, 0.3) is 11.8 Å². The number of hydrogen-bond donors (Lipinski definition) is 4. The van der Waals surface area contributed by atoms with Crippen molar-refractivity contribution >= 4 is 11.8 Å². The van der Waals surface area contributed by atoms with Gasteiger partial charge in [-0.3, -0.25) is 30.4 Å². The van der Waals surface area contributed by atoms with Gasteiger partial charge in [0.05, 0.1) is 11.4 Å². The molecule has 0 aromatic carbocycles. The molecule has 0 aliphatic heterocycles. The second-order valence-electron chi connectivity index (χ2n) is 3.81. The van der Waals surface area contributed by atoms with E-state index in [9.17, 15) is 9.59 Å². The summed E-state index contributed by atoms with van der Waals surface area (Å²) in [5.74, 6) is 9.26. The first-order valence-corrected chi connectivity index (χ1v) is 5.60. The highest BCUT2D eigenvalue weighted by Crippen LogP contribution is 2.16. The molecule has 0 radical (unpaired) electrons. The Kier molecular flexibility index (Phi) is 3.99. The number of amides is 2. The fourth-order valence-electron chi connectivity index (χ4n) is 1.59.